The van der Waals surface area contributed by atoms with E-state index in [1.54, 1.807) is 30.3 Å². The molecule has 29 heavy (non-hydrogen) atoms. The van der Waals surface area contributed by atoms with E-state index >= 15 is 0 Å². The lowest BCUT2D eigenvalue weighted by Crippen LogP contribution is -2.11. The maximum Gasteiger partial charge on any atom is 0.247 e. The number of anilines is 1. The zero-order valence-corrected chi connectivity index (χ0v) is 15.3. The molecule has 0 saturated carbocycles. The number of oxazole rings is 1. The number of nitrogens with one attached hydrogen (secondary N) is 1. The SMILES string of the molecule is C=CC(=O)Nc1ccc(F)c(-c2nc3ccccc3o2)c1Cc1ccc(F)cc1. The maximum atomic E-state index is 14.9. The standard InChI is InChI=1S/C23H16F2N2O2/c1-2-21(28)26-18-12-11-17(25)22(16(18)13-14-7-9-15(24)10-8-14)23-27-19-5-3-4-6-20(19)29-23/h2-12H,1,13H2,(H,26,28). The molecule has 0 fully saturated rings. The van der Waals surface area contributed by atoms with E-state index in [9.17, 15) is 13.6 Å². The van der Waals surface area contributed by atoms with Gasteiger partial charge in [0.25, 0.3) is 0 Å². The number of fused-ring (bicyclic) bond motifs is 1. The molecule has 0 aliphatic heterocycles. The summed E-state index contributed by atoms with van der Waals surface area (Å²) in [6.07, 6.45) is 1.36. The highest BCUT2D eigenvalue weighted by molar-refractivity contribution is 6.00. The van der Waals surface area contributed by atoms with Gasteiger partial charge in [-0.3, -0.25) is 4.79 Å². The normalized spacial score (nSPS) is 10.8. The fraction of sp³-hybridized carbons (Fsp3) is 0.0435. The van der Waals surface area contributed by atoms with Crippen molar-refractivity contribution in [3.05, 3.63) is 96.1 Å². The maximum absolute atomic E-state index is 14.9. The van der Waals surface area contributed by atoms with Gasteiger partial charge >= 0.3 is 0 Å². The van der Waals surface area contributed by atoms with Gasteiger partial charge in [0.15, 0.2) is 5.58 Å². The summed E-state index contributed by atoms with van der Waals surface area (Å²) in [6, 6.07) is 15.7. The Balaban J connectivity index is 1.89. The van der Waals surface area contributed by atoms with Crippen molar-refractivity contribution in [2.75, 3.05) is 5.32 Å². The first-order chi connectivity index (χ1) is 14.0. The van der Waals surface area contributed by atoms with Crippen LogP contribution < -0.4 is 5.32 Å². The lowest BCUT2D eigenvalue weighted by Gasteiger charge is -2.15. The highest BCUT2D eigenvalue weighted by Gasteiger charge is 2.21. The van der Waals surface area contributed by atoms with E-state index in [-0.39, 0.29) is 23.7 Å². The summed E-state index contributed by atoms with van der Waals surface area (Å²) in [6.45, 7) is 3.45. The quantitative estimate of drug-likeness (QED) is 0.459. The lowest BCUT2D eigenvalue weighted by atomic mass is 9.97. The van der Waals surface area contributed by atoms with Gasteiger partial charge in [-0.2, -0.15) is 0 Å². The number of hydrogen-bond acceptors (Lipinski definition) is 3. The smallest absolute Gasteiger partial charge is 0.247 e. The van der Waals surface area contributed by atoms with Crippen molar-refractivity contribution < 1.29 is 18.0 Å². The van der Waals surface area contributed by atoms with Crippen molar-refractivity contribution in [2.45, 2.75) is 6.42 Å². The molecule has 0 bridgehead atoms. The average Bonchev–Trinajstić information content (AvgIpc) is 3.15. The summed E-state index contributed by atoms with van der Waals surface area (Å²) >= 11 is 0. The van der Waals surface area contributed by atoms with Gasteiger partial charge in [-0.1, -0.05) is 30.8 Å². The zero-order valence-electron chi connectivity index (χ0n) is 15.3. The van der Waals surface area contributed by atoms with Gasteiger partial charge in [-0.15, -0.1) is 0 Å². The molecule has 1 aromatic heterocycles. The topological polar surface area (TPSA) is 55.1 Å². The third kappa shape index (κ3) is 3.78. The molecule has 1 amide bonds. The summed E-state index contributed by atoms with van der Waals surface area (Å²) in [4.78, 5) is 16.3. The molecular formula is C23H16F2N2O2. The van der Waals surface area contributed by atoms with Crippen LogP contribution in [0.25, 0.3) is 22.6 Å². The monoisotopic (exact) mass is 390 g/mol. The summed E-state index contributed by atoms with van der Waals surface area (Å²) in [5.74, 6) is -1.23. The van der Waals surface area contributed by atoms with Gasteiger partial charge in [-0.05, 0) is 53.6 Å². The Morgan fingerprint density at radius 3 is 2.55 bits per heavy atom. The van der Waals surface area contributed by atoms with Gasteiger partial charge in [0.1, 0.15) is 17.2 Å². The summed E-state index contributed by atoms with van der Waals surface area (Å²) in [7, 11) is 0. The molecule has 4 nitrogen and oxygen atoms in total. The molecule has 1 heterocycles. The van der Waals surface area contributed by atoms with Crippen LogP contribution >= 0.6 is 0 Å². The van der Waals surface area contributed by atoms with E-state index in [0.717, 1.165) is 11.6 Å². The summed E-state index contributed by atoms with van der Waals surface area (Å²) < 4.78 is 34.0. The minimum atomic E-state index is -0.537. The van der Waals surface area contributed by atoms with Crippen LogP contribution in [0.15, 0.2) is 77.7 Å². The molecule has 0 atom stereocenters. The van der Waals surface area contributed by atoms with Crippen molar-refractivity contribution >= 4 is 22.7 Å². The van der Waals surface area contributed by atoms with Crippen molar-refractivity contribution in [3.8, 4) is 11.5 Å². The van der Waals surface area contributed by atoms with Gasteiger partial charge < -0.3 is 9.73 Å². The fourth-order valence-electron chi connectivity index (χ4n) is 3.12. The van der Waals surface area contributed by atoms with Gasteiger partial charge in [0.2, 0.25) is 11.8 Å². The molecule has 3 aromatic carbocycles. The van der Waals surface area contributed by atoms with E-state index in [2.05, 4.69) is 16.9 Å². The van der Waals surface area contributed by atoms with Crippen LogP contribution in [0.3, 0.4) is 0 Å². The average molecular weight is 390 g/mol. The molecule has 0 aliphatic carbocycles. The summed E-state index contributed by atoms with van der Waals surface area (Å²) in [5, 5.41) is 2.70. The fourth-order valence-corrected chi connectivity index (χ4v) is 3.12. The van der Waals surface area contributed by atoms with Gasteiger partial charge in [-0.25, -0.2) is 13.8 Å². The molecule has 6 heteroatoms. The van der Waals surface area contributed by atoms with Crippen LogP contribution in [0, 0.1) is 11.6 Å². The minimum absolute atomic E-state index is 0.107. The second-order valence-corrected chi connectivity index (χ2v) is 6.43. The largest absolute Gasteiger partial charge is 0.436 e. The second-order valence-electron chi connectivity index (χ2n) is 6.43. The van der Waals surface area contributed by atoms with E-state index in [4.69, 9.17) is 4.42 Å². The molecule has 0 unspecified atom stereocenters. The van der Waals surface area contributed by atoms with Crippen LogP contribution in [-0.4, -0.2) is 10.9 Å². The Bertz CT molecular complexity index is 1180. The first-order valence-electron chi connectivity index (χ1n) is 8.90. The third-order valence-electron chi connectivity index (χ3n) is 4.51. The van der Waals surface area contributed by atoms with E-state index in [1.807, 2.05) is 6.07 Å². The Hall–Kier alpha value is -3.80. The van der Waals surface area contributed by atoms with Crippen LogP contribution in [0.2, 0.25) is 0 Å². The molecule has 144 valence electrons. The Morgan fingerprint density at radius 2 is 1.83 bits per heavy atom. The minimum Gasteiger partial charge on any atom is -0.436 e. The number of rotatable bonds is 5. The number of aromatic nitrogens is 1. The number of benzene rings is 3. The first-order valence-corrected chi connectivity index (χ1v) is 8.90. The summed E-state index contributed by atoms with van der Waals surface area (Å²) in [5.41, 5.74) is 2.87. The van der Waals surface area contributed by atoms with E-state index in [1.165, 1.54) is 24.3 Å². The first kappa shape index (κ1) is 18.6. The number of halogens is 2. The van der Waals surface area contributed by atoms with Gasteiger partial charge in [0, 0.05) is 12.1 Å². The van der Waals surface area contributed by atoms with Gasteiger partial charge in [0.05, 0.1) is 5.56 Å². The second kappa shape index (κ2) is 7.67. The van der Waals surface area contributed by atoms with Crippen molar-refractivity contribution in [1.29, 1.82) is 0 Å². The highest BCUT2D eigenvalue weighted by atomic mass is 19.1. The molecule has 4 rings (SSSR count). The molecule has 0 spiro atoms. The zero-order chi connectivity index (χ0) is 20.4. The Morgan fingerprint density at radius 1 is 1.07 bits per heavy atom. The number of amides is 1. The predicted molar refractivity (Wildman–Crippen MR) is 107 cm³/mol. The molecule has 1 N–H and O–H groups in total. The van der Waals surface area contributed by atoms with Crippen molar-refractivity contribution in [2.24, 2.45) is 0 Å². The van der Waals surface area contributed by atoms with Crippen LogP contribution in [0.5, 0.6) is 0 Å². The van der Waals surface area contributed by atoms with Crippen LogP contribution in [0.4, 0.5) is 14.5 Å². The molecule has 4 aromatic rings. The highest BCUT2D eigenvalue weighted by Crippen LogP contribution is 2.35. The molecular weight excluding hydrogens is 374 g/mol. The van der Waals surface area contributed by atoms with Crippen LogP contribution in [0.1, 0.15) is 11.1 Å². The predicted octanol–water partition coefficient (Wildman–Crippen LogP) is 5.49. The van der Waals surface area contributed by atoms with E-state index < -0.39 is 11.7 Å². The number of carbonyl (C=O) groups is 1. The Kier molecular flexibility index (Phi) is 4.91. The number of nitrogens with zero attached hydrogens (tertiary/aromatic N) is 1. The Labute approximate surface area is 165 Å². The number of para-hydroxylation sites is 2. The molecule has 0 saturated heterocycles. The number of hydrogen-bond donors (Lipinski definition) is 1. The third-order valence-corrected chi connectivity index (χ3v) is 4.51. The molecule has 0 aliphatic rings. The van der Waals surface area contributed by atoms with E-state index in [0.29, 0.717) is 22.4 Å². The molecule has 0 radical (unpaired) electrons. The van der Waals surface area contributed by atoms with Crippen LogP contribution in [-0.2, 0) is 11.2 Å². The van der Waals surface area contributed by atoms with Crippen molar-refractivity contribution in [3.63, 3.8) is 0 Å². The number of carbonyl (C=O) groups excluding carboxylic acids is 1. The van der Waals surface area contributed by atoms with Crippen molar-refractivity contribution in [1.82, 2.24) is 4.98 Å². The lowest BCUT2D eigenvalue weighted by molar-refractivity contribution is -0.111.